The van der Waals surface area contributed by atoms with E-state index in [2.05, 4.69) is 35.9 Å². The van der Waals surface area contributed by atoms with Crippen LogP contribution in [0.15, 0.2) is 16.5 Å². The zero-order chi connectivity index (χ0) is 13.3. The van der Waals surface area contributed by atoms with Gasteiger partial charge in [0.15, 0.2) is 0 Å². The molecule has 19 heavy (non-hydrogen) atoms. The third-order valence-electron chi connectivity index (χ3n) is 4.81. The maximum absolute atomic E-state index is 5.84. The summed E-state index contributed by atoms with van der Waals surface area (Å²) in [4.78, 5) is 5.09. The van der Waals surface area contributed by atoms with Crippen molar-refractivity contribution >= 4 is 0 Å². The Morgan fingerprint density at radius 1 is 1.16 bits per heavy atom. The summed E-state index contributed by atoms with van der Waals surface area (Å²) >= 11 is 0. The highest BCUT2D eigenvalue weighted by atomic mass is 16.3. The van der Waals surface area contributed by atoms with E-state index in [0.717, 1.165) is 24.5 Å². The third kappa shape index (κ3) is 2.87. The Kier molecular flexibility index (Phi) is 3.68. The monoisotopic (exact) mass is 262 g/mol. The molecular weight excluding hydrogens is 236 g/mol. The normalized spacial score (nSPS) is 29.4. The number of hydrogen-bond acceptors (Lipinski definition) is 3. The molecule has 3 rings (SSSR count). The maximum Gasteiger partial charge on any atom is 0.118 e. The molecule has 0 aromatic carbocycles. The summed E-state index contributed by atoms with van der Waals surface area (Å²) in [5.41, 5.74) is 0.563. The summed E-state index contributed by atoms with van der Waals surface area (Å²) in [6.07, 6.45) is 5.13. The minimum absolute atomic E-state index is 0.563. The van der Waals surface area contributed by atoms with Gasteiger partial charge in [0.1, 0.15) is 11.5 Å². The molecule has 106 valence electrons. The van der Waals surface area contributed by atoms with Crippen molar-refractivity contribution in [1.82, 2.24) is 9.80 Å². The van der Waals surface area contributed by atoms with Gasteiger partial charge in [0.2, 0.25) is 0 Å². The van der Waals surface area contributed by atoms with Crippen molar-refractivity contribution < 1.29 is 4.42 Å². The van der Waals surface area contributed by atoms with Crippen molar-refractivity contribution in [2.24, 2.45) is 5.41 Å². The molecule has 0 bridgehead atoms. The average Bonchev–Trinajstić information content (AvgIpc) is 2.98. The van der Waals surface area contributed by atoms with Crippen molar-refractivity contribution in [1.29, 1.82) is 0 Å². The van der Waals surface area contributed by atoms with Gasteiger partial charge in [-0.3, -0.25) is 4.90 Å². The van der Waals surface area contributed by atoms with E-state index in [4.69, 9.17) is 4.42 Å². The number of nitrogens with zero attached hydrogens (tertiary/aromatic N) is 2. The molecule has 2 saturated heterocycles. The Morgan fingerprint density at radius 2 is 2.00 bits per heavy atom. The molecule has 0 N–H and O–H groups in total. The Bertz CT molecular complexity index is 428. The van der Waals surface area contributed by atoms with Gasteiger partial charge in [-0.05, 0) is 56.9 Å². The highest BCUT2D eigenvalue weighted by Crippen LogP contribution is 2.39. The lowest BCUT2D eigenvalue weighted by atomic mass is 9.79. The second-order valence-corrected chi connectivity index (χ2v) is 6.52. The van der Waals surface area contributed by atoms with Crippen LogP contribution in [0.4, 0.5) is 0 Å². The molecule has 0 unspecified atom stereocenters. The summed E-state index contributed by atoms with van der Waals surface area (Å²) in [5, 5.41) is 0. The third-order valence-corrected chi connectivity index (χ3v) is 4.81. The first-order valence-corrected chi connectivity index (χ1v) is 7.68. The molecular formula is C16H26N2O. The molecule has 3 nitrogen and oxygen atoms in total. The molecule has 3 heteroatoms. The van der Waals surface area contributed by atoms with E-state index in [0.29, 0.717) is 5.41 Å². The van der Waals surface area contributed by atoms with Gasteiger partial charge in [-0.25, -0.2) is 0 Å². The molecule has 1 aromatic heterocycles. The Morgan fingerprint density at radius 3 is 2.74 bits per heavy atom. The molecule has 0 saturated carbocycles. The lowest BCUT2D eigenvalue weighted by Crippen LogP contribution is -2.42. The quantitative estimate of drug-likeness (QED) is 0.835. The van der Waals surface area contributed by atoms with Crippen LogP contribution < -0.4 is 0 Å². The second kappa shape index (κ2) is 5.29. The Labute approximate surface area is 116 Å². The van der Waals surface area contributed by atoms with E-state index in [9.17, 15) is 0 Å². The number of furan rings is 1. The Hall–Kier alpha value is -0.800. The molecule has 2 aliphatic rings. The average molecular weight is 262 g/mol. The minimum Gasteiger partial charge on any atom is -0.465 e. The van der Waals surface area contributed by atoms with Crippen LogP contribution in [0, 0.1) is 5.41 Å². The van der Waals surface area contributed by atoms with Gasteiger partial charge in [-0.2, -0.15) is 0 Å². The summed E-state index contributed by atoms with van der Waals surface area (Å²) < 4.78 is 5.84. The minimum atomic E-state index is 0.563. The van der Waals surface area contributed by atoms with Crippen molar-refractivity contribution in [3.63, 3.8) is 0 Å². The number of aryl methyl sites for hydroxylation is 1. The van der Waals surface area contributed by atoms with Gasteiger partial charge >= 0.3 is 0 Å². The first-order valence-electron chi connectivity index (χ1n) is 7.68. The standard InChI is InChI=1S/C16H26N2O/c1-3-14-5-6-15(19-14)11-18-10-8-16(13-18)7-4-9-17(2)12-16/h5-6H,3-4,7-13H2,1-2H3/t16-/m0/s1. The second-order valence-electron chi connectivity index (χ2n) is 6.52. The Balaban J connectivity index is 1.59. The zero-order valence-corrected chi connectivity index (χ0v) is 12.3. The van der Waals surface area contributed by atoms with E-state index in [1.807, 2.05) is 0 Å². The van der Waals surface area contributed by atoms with E-state index in [1.165, 1.54) is 45.4 Å². The van der Waals surface area contributed by atoms with Crippen LogP contribution in [-0.4, -0.2) is 43.0 Å². The summed E-state index contributed by atoms with van der Waals surface area (Å²) in [7, 11) is 2.27. The van der Waals surface area contributed by atoms with Gasteiger partial charge in [0.05, 0.1) is 6.54 Å². The van der Waals surface area contributed by atoms with Gasteiger partial charge in [0, 0.05) is 19.5 Å². The number of likely N-dealkylation sites (tertiary alicyclic amines) is 2. The zero-order valence-electron chi connectivity index (χ0n) is 12.3. The van der Waals surface area contributed by atoms with Crippen LogP contribution in [0.25, 0.3) is 0 Å². The molecule has 3 heterocycles. The molecule has 1 aromatic rings. The van der Waals surface area contributed by atoms with Crippen LogP contribution in [0.2, 0.25) is 0 Å². The van der Waals surface area contributed by atoms with E-state index >= 15 is 0 Å². The van der Waals surface area contributed by atoms with Crippen molar-refractivity contribution in [2.75, 3.05) is 33.2 Å². The molecule has 0 amide bonds. The fourth-order valence-electron chi connectivity index (χ4n) is 3.87. The van der Waals surface area contributed by atoms with E-state index in [1.54, 1.807) is 0 Å². The predicted molar refractivity (Wildman–Crippen MR) is 77.1 cm³/mol. The fraction of sp³-hybridized carbons (Fsp3) is 0.750. The van der Waals surface area contributed by atoms with Crippen molar-refractivity contribution in [2.45, 2.75) is 39.2 Å². The summed E-state index contributed by atoms with van der Waals surface area (Å²) in [6, 6.07) is 4.27. The van der Waals surface area contributed by atoms with Crippen LogP contribution in [0.1, 0.15) is 37.7 Å². The van der Waals surface area contributed by atoms with Gasteiger partial charge < -0.3 is 9.32 Å². The van der Waals surface area contributed by atoms with Crippen LogP contribution in [-0.2, 0) is 13.0 Å². The molecule has 0 radical (unpaired) electrons. The molecule has 0 aliphatic carbocycles. The molecule has 1 atom stereocenters. The highest BCUT2D eigenvalue weighted by Gasteiger charge is 2.40. The van der Waals surface area contributed by atoms with Gasteiger partial charge in [0.25, 0.3) is 0 Å². The highest BCUT2D eigenvalue weighted by molar-refractivity contribution is 5.07. The number of rotatable bonds is 3. The van der Waals surface area contributed by atoms with Crippen molar-refractivity contribution in [3.05, 3.63) is 23.7 Å². The van der Waals surface area contributed by atoms with Crippen LogP contribution >= 0.6 is 0 Å². The van der Waals surface area contributed by atoms with E-state index in [-0.39, 0.29) is 0 Å². The maximum atomic E-state index is 5.84. The van der Waals surface area contributed by atoms with Crippen LogP contribution in [0.5, 0.6) is 0 Å². The lowest BCUT2D eigenvalue weighted by molar-refractivity contribution is 0.111. The van der Waals surface area contributed by atoms with Gasteiger partial charge in [-0.15, -0.1) is 0 Å². The SMILES string of the molecule is CCc1ccc(CN2CC[C@]3(CCCN(C)C3)C2)o1. The molecule has 2 fully saturated rings. The summed E-state index contributed by atoms with van der Waals surface area (Å²) in [6.45, 7) is 8.17. The predicted octanol–water partition coefficient (Wildman–Crippen LogP) is 2.76. The van der Waals surface area contributed by atoms with Crippen LogP contribution in [0.3, 0.4) is 0 Å². The smallest absolute Gasteiger partial charge is 0.118 e. The number of piperidine rings is 1. The lowest BCUT2D eigenvalue weighted by Gasteiger charge is -2.38. The molecule has 2 aliphatic heterocycles. The largest absolute Gasteiger partial charge is 0.465 e. The number of hydrogen-bond donors (Lipinski definition) is 0. The first kappa shape index (κ1) is 13.2. The topological polar surface area (TPSA) is 19.6 Å². The summed E-state index contributed by atoms with van der Waals surface area (Å²) in [5.74, 6) is 2.25. The van der Waals surface area contributed by atoms with E-state index < -0.39 is 0 Å². The first-order chi connectivity index (χ1) is 9.19. The van der Waals surface area contributed by atoms with Crippen molar-refractivity contribution in [3.8, 4) is 0 Å². The fourth-order valence-corrected chi connectivity index (χ4v) is 3.87. The molecule has 1 spiro atoms. The van der Waals surface area contributed by atoms with Gasteiger partial charge in [-0.1, -0.05) is 6.92 Å².